The number of aliphatic carboxylic acids is 1. The zero-order chi connectivity index (χ0) is 12.0. The lowest BCUT2D eigenvalue weighted by atomic mass is 10.2. The minimum absolute atomic E-state index is 0.435. The zero-order valence-electron chi connectivity index (χ0n) is 9.03. The maximum atomic E-state index is 10.7. The van der Waals surface area contributed by atoms with Crippen LogP contribution >= 0.6 is 15.9 Å². The molecule has 0 aromatic heterocycles. The Kier molecular flexibility index (Phi) is 5.05. The van der Waals surface area contributed by atoms with Crippen molar-refractivity contribution in [3.8, 4) is 0 Å². The largest absolute Gasteiger partial charge is 0.478 e. The summed E-state index contributed by atoms with van der Waals surface area (Å²) in [7, 11) is 0. The van der Waals surface area contributed by atoms with Crippen LogP contribution in [0.4, 0.5) is 5.69 Å². The molecule has 0 aliphatic carbocycles. The van der Waals surface area contributed by atoms with Gasteiger partial charge in [-0.15, -0.1) is 0 Å². The second-order valence-electron chi connectivity index (χ2n) is 3.28. The molecule has 4 heteroatoms. The highest BCUT2D eigenvalue weighted by Crippen LogP contribution is 2.13. The number of hydrogen-bond acceptors (Lipinski definition) is 2. The summed E-state index contributed by atoms with van der Waals surface area (Å²) < 4.78 is 1.02. The van der Waals surface area contributed by atoms with Gasteiger partial charge in [-0.3, -0.25) is 0 Å². The molecule has 0 saturated heterocycles. The van der Waals surface area contributed by atoms with Crippen molar-refractivity contribution in [1.29, 1.82) is 0 Å². The van der Waals surface area contributed by atoms with Gasteiger partial charge in [0.05, 0.1) is 0 Å². The van der Waals surface area contributed by atoms with E-state index in [0.717, 1.165) is 10.2 Å². The van der Waals surface area contributed by atoms with Crippen LogP contribution in [0, 0.1) is 0 Å². The number of rotatable bonds is 5. The first kappa shape index (κ1) is 12.8. The van der Waals surface area contributed by atoms with Crippen molar-refractivity contribution in [3.05, 3.63) is 40.4 Å². The van der Waals surface area contributed by atoms with Gasteiger partial charge in [-0.05, 0) is 30.7 Å². The topological polar surface area (TPSA) is 49.3 Å². The van der Waals surface area contributed by atoms with Crippen molar-refractivity contribution >= 4 is 27.6 Å². The van der Waals surface area contributed by atoms with Gasteiger partial charge in [0.1, 0.15) is 0 Å². The lowest BCUT2D eigenvalue weighted by molar-refractivity contribution is -0.132. The lowest BCUT2D eigenvalue weighted by Gasteiger charge is -2.04. The molecule has 0 aliphatic rings. The summed E-state index contributed by atoms with van der Waals surface area (Å²) in [6, 6.07) is 7.74. The average molecular weight is 284 g/mol. The smallest absolute Gasteiger partial charge is 0.331 e. The number of carbonyl (C=O) groups is 1. The van der Waals surface area contributed by atoms with E-state index in [1.165, 1.54) is 0 Å². The SMILES string of the molecule is CC/C(=C/CNc1ccc(Br)cc1)C(=O)O. The molecule has 0 radical (unpaired) electrons. The van der Waals surface area contributed by atoms with Gasteiger partial charge in [0.2, 0.25) is 0 Å². The zero-order valence-corrected chi connectivity index (χ0v) is 10.6. The maximum absolute atomic E-state index is 10.7. The molecule has 86 valence electrons. The van der Waals surface area contributed by atoms with Crippen molar-refractivity contribution in [2.75, 3.05) is 11.9 Å². The van der Waals surface area contributed by atoms with Crippen molar-refractivity contribution in [2.24, 2.45) is 0 Å². The number of anilines is 1. The Morgan fingerprint density at radius 1 is 1.44 bits per heavy atom. The van der Waals surface area contributed by atoms with E-state index in [4.69, 9.17) is 5.11 Å². The molecule has 1 aromatic carbocycles. The first-order chi connectivity index (χ1) is 7.63. The Labute approximate surface area is 103 Å². The van der Waals surface area contributed by atoms with Crippen LogP contribution in [0.1, 0.15) is 13.3 Å². The maximum Gasteiger partial charge on any atom is 0.331 e. The van der Waals surface area contributed by atoms with E-state index in [2.05, 4.69) is 21.2 Å². The van der Waals surface area contributed by atoms with E-state index in [-0.39, 0.29) is 0 Å². The van der Waals surface area contributed by atoms with Crippen molar-refractivity contribution < 1.29 is 9.90 Å². The number of carboxylic acids is 1. The molecule has 1 rings (SSSR count). The molecule has 1 aromatic rings. The minimum Gasteiger partial charge on any atom is -0.478 e. The fraction of sp³-hybridized carbons (Fsp3) is 0.250. The Morgan fingerprint density at radius 2 is 2.06 bits per heavy atom. The molecule has 0 amide bonds. The number of hydrogen-bond donors (Lipinski definition) is 2. The van der Waals surface area contributed by atoms with E-state index in [1.807, 2.05) is 31.2 Å². The molecule has 16 heavy (non-hydrogen) atoms. The summed E-state index contributed by atoms with van der Waals surface area (Å²) in [6.07, 6.45) is 2.24. The first-order valence-corrected chi connectivity index (χ1v) is 5.84. The van der Waals surface area contributed by atoms with Gasteiger partial charge in [-0.1, -0.05) is 28.9 Å². The molecule has 0 unspecified atom stereocenters. The highest BCUT2D eigenvalue weighted by atomic mass is 79.9. The third kappa shape index (κ3) is 4.06. The van der Waals surface area contributed by atoms with Crippen LogP contribution in [-0.4, -0.2) is 17.6 Å². The molecule has 2 N–H and O–H groups in total. The van der Waals surface area contributed by atoms with Crippen LogP contribution in [0.25, 0.3) is 0 Å². The van der Waals surface area contributed by atoms with Crippen LogP contribution in [0.3, 0.4) is 0 Å². The van der Waals surface area contributed by atoms with Crippen LogP contribution in [0.15, 0.2) is 40.4 Å². The summed E-state index contributed by atoms with van der Waals surface area (Å²) in [5.41, 5.74) is 1.41. The molecular weight excluding hydrogens is 270 g/mol. The Bertz CT molecular complexity index is 385. The van der Waals surface area contributed by atoms with Gasteiger partial charge >= 0.3 is 5.97 Å². The van der Waals surface area contributed by atoms with E-state index in [9.17, 15) is 4.79 Å². The molecule has 0 saturated carbocycles. The summed E-state index contributed by atoms with van der Waals surface area (Å²) in [5.74, 6) is -0.847. The van der Waals surface area contributed by atoms with Crippen LogP contribution in [0.5, 0.6) is 0 Å². The van der Waals surface area contributed by atoms with Crippen molar-refractivity contribution in [2.45, 2.75) is 13.3 Å². The summed E-state index contributed by atoms with van der Waals surface area (Å²) in [4.78, 5) is 10.7. The molecule has 0 atom stereocenters. The standard InChI is InChI=1S/C12H14BrNO2/c1-2-9(12(15)16)7-8-14-11-5-3-10(13)4-6-11/h3-7,14H,2,8H2,1H3,(H,15,16)/b9-7-. The van der Waals surface area contributed by atoms with Crippen LogP contribution in [0.2, 0.25) is 0 Å². The average Bonchev–Trinajstić information content (AvgIpc) is 2.26. The lowest BCUT2D eigenvalue weighted by Crippen LogP contribution is -2.04. The first-order valence-electron chi connectivity index (χ1n) is 5.05. The number of nitrogens with one attached hydrogen (secondary N) is 1. The molecule has 0 fully saturated rings. The molecule has 0 heterocycles. The fourth-order valence-electron chi connectivity index (χ4n) is 1.24. The molecule has 0 aliphatic heterocycles. The fourth-order valence-corrected chi connectivity index (χ4v) is 1.51. The van der Waals surface area contributed by atoms with Gasteiger partial charge in [-0.25, -0.2) is 4.79 Å². The van der Waals surface area contributed by atoms with E-state index < -0.39 is 5.97 Å². The Balaban J connectivity index is 2.52. The van der Waals surface area contributed by atoms with Gasteiger partial charge in [0.15, 0.2) is 0 Å². The van der Waals surface area contributed by atoms with Gasteiger partial charge in [0.25, 0.3) is 0 Å². The third-order valence-corrected chi connectivity index (χ3v) is 2.68. The third-order valence-electron chi connectivity index (χ3n) is 2.15. The van der Waals surface area contributed by atoms with E-state index in [0.29, 0.717) is 18.5 Å². The van der Waals surface area contributed by atoms with Gasteiger partial charge in [0, 0.05) is 22.3 Å². The Morgan fingerprint density at radius 3 is 2.56 bits per heavy atom. The monoisotopic (exact) mass is 283 g/mol. The molecule has 0 spiro atoms. The number of carboxylic acid groups (broad SMARTS) is 1. The van der Waals surface area contributed by atoms with Crippen LogP contribution < -0.4 is 5.32 Å². The van der Waals surface area contributed by atoms with Gasteiger partial charge in [-0.2, -0.15) is 0 Å². The quantitative estimate of drug-likeness (QED) is 0.816. The highest BCUT2D eigenvalue weighted by molar-refractivity contribution is 9.10. The predicted octanol–water partition coefficient (Wildman–Crippen LogP) is 3.28. The van der Waals surface area contributed by atoms with Crippen molar-refractivity contribution in [3.63, 3.8) is 0 Å². The number of halogens is 1. The van der Waals surface area contributed by atoms with E-state index in [1.54, 1.807) is 6.08 Å². The molecular formula is C12H14BrNO2. The summed E-state index contributed by atoms with van der Waals surface area (Å²) in [6.45, 7) is 2.36. The van der Waals surface area contributed by atoms with E-state index >= 15 is 0 Å². The van der Waals surface area contributed by atoms with Crippen molar-refractivity contribution in [1.82, 2.24) is 0 Å². The number of benzene rings is 1. The Hall–Kier alpha value is -1.29. The summed E-state index contributed by atoms with van der Waals surface area (Å²) in [5, 5.41) is 11.9. The van der Waals surface area contributed by atoms with Gasteiger partial charge < -0.3 is 10.4 Å². The molecule has 3 nitrogen and oxygen atoms in total. The second kappa shape index (κ2) is 6.33. The minimum atomic E-state index is -0.847. The second-order valence-corrected chi connectivity index (χ2v) is 4.19. The predicted molar refractivity (Wildman–Crippen MR) is 68.6 cm³/mol. The molecule has 0 bridgehead atoms. The highest BCUT2D eigenvalue weighted by Gasteiger charge is 2.02. The van der Waals surface area contributed by atoms with Crippen LogP contribution in [-0.2, 0) is 4.79 Å². The normalized spacial score (nSPS) is 11.2. The summed E-state index contributed by atoms with van der Waals surface area (Å²) >= 11 is 3.35.